The molecule has 0 radical (unpaired) electrons. The summed E-state index contributed by atoms with van der Waals surface area (Å²) in [6.45, 7) is 0. The van der Waals surface area contributed by atoms with E-state index in [0.717, 1.165) is 5.69 Å². The Balaban J connectivity index is 1.83. The van der Waals surface area contributed by atoms with Crippen LogP contribution in [0.5, 0.6) is 0 Å². The van der Waals surface area contributed by atoms with E-state index in [-0.39, 0.29) is 6.04 Å². The maximum Gasteiger partial charge on any atom is 0.115 e. The number of hydrogen-bond donors (Lipinski definition) is 1. The number of hydrogen-bond acceptors (Lipinski definition) is 3. The molecule has 0 aliphatic heterocycles. The zero-order valence-electron chi connectivity index (χ0n) is 10.8. The van der Waals surface area contributed by atoms with Crippen molar-refractivity contribution < 1.29 is 0 Å². The van der Waals surface area contributed by atoms with Crippen LogP contribution in [-0.4, -0.2) is 9.97 Å². The Morgan fingerprint density at radius 1 is 0.750 bits per heavy atom. The normalized spacial score (nSPS) is 12.8. The third kappa shape index (κ3) is 1.67. The highest BCUT2D eigenvalue weighted by atomic mass is 15.0. The van der Waals surface area contributed by atoms with E-state index in [0.29, 0.717) is 0 Å². The number of rotatable bonds is 2. The molecule has 0 atom stereocenters. The van der Waals surface area contributed by atoms with Crippen LogP contribution in [0.1, 0.15) is 17.2 Å². The third-order valence-electron chi connectivity index (χ3n) is 3.71. The highest BCUT2D eigenvalue weighted by Crippen LogP contribution is 2.44. The first-order valence-corrected chi connectivity index (χ1v) is 6.63. The molecule has 0 fully saturated rings. The Bertz CT molecular complexity index is 707. The number of benzene rings is 2. The monoisotopic (exact) mass is 259 g/mol. The lowest BCUT2D eigenvalue weighted by Crippen LogP contribution is -2.09. The molecule has 0 unspecified atom stereocenters. The van der Waals surface area contributed by atoms with Crippen LogP contribution in [0.25, 0.3) is 11.1 Å². The molecule has 1 heterocycles. The Morgan fingerprint density at radius 2 is 1.30 bits per heavy atom. The smallest absolute Gasteiger partial charge is 0.115 e. The summed E-state index contributed by atoms with van der Waals surface area (Å²) in [6.07, 6.45) is 5.15. The van der Waals surface area contributed by atoms with E-state index in [9.17, 15) is 0 Å². The molecule has 2 aromatic carbocycles. The number of nitrogens with one attached hydrogen (secondary N) is 1. The summed E-state index contributed by atoms with van der Waals surface area (Å²) in [5.74, 6) is 0. The van der Waals surface area contributed by atoms with Crippen molar-refractivity contribution in [1.82, 2.24) is 9.97 Å². The van der Waals surface area contributed by atoms with Gasteiger partial charge in [0.1, 0.15) is 6.33 Å². The molecule has 1 aliphatic rings. The summed E-state index contributed by atoms with van der Waals surface area (Å²) in [6, 6.07) is 17.2. The summed E-state index contributed by atoms with van der Waals surface area (Å²) in [5.41, 5.74) is 6.15. The summed E-state index contributed by atoms with van der Waals surface area (Å²) < 4.78 is 0. The van der Waals surface area contributed by atoms with Gasteiger partial charge in [-0.25, -0.2) is 9.97 Å². The van der Waals surface area contributed by atoms with Crippen LogP contribution in [0.3, 0.4) is 0 Å². The Morgan fingerprint density at radius 3 is 1.90 bits per heavy atom. The van der Waals surface area contributed by atoms with Gasteiger partial charge in [-0.1, -0.05) is 48.5 Å². The molecular formula is C17H13N3. The van der Waals surface area contributed by atoms with Gasteiger partial charge in [-0.05, 0) is 22.3 Å². The molecule has 3 nitrogen and oxygen atoms in total. The molecule has 20 heavy (non-hydrogen) atoms. The lowest BCUT2D eigenvalue weighted by atomic mass is 10.1. The van der Waals surface area contributed by atoms with E-state index in [4.69, 9.17) is 0 Å². The zero-order valence-corrected chi connectivity index (χ0v) is 10.8. The van der Waals surface area contributed by atoms with Crippen molar-refractivity contribution in [1.29, 1.82) is 0 Å². The van der Waals surface area contributed by atoms with Gasteiger partial charge in [0.15, 0.2) is 0 Å². The van der Waals surface area contributed by atoms with Gasteiger partial charge in [-0.3, -0.25) is 0 Å². The third-order valence-corrected chi connectivity index (χ3v) is 3.71. The fourth-order valence-electron chi connectivity index (χ4n) is 2.85. The van der Waals surface area contributed by atoms with E-state index < -0.39 is 0 Å². The Hall–Kier alpha value is -2.68. The van der Waals surface area contributed by atoms with Gasteiger partial charge < -0.3 is 5.32 Å². The minimum Gasteiger partial charge on any atom is -0.372 e. The molecule has 0 saturated heterocycles. The molecule has 3 aromatic rings. The summed E-state index contributed by atoms with van der Waals surface area (Å²) in [5, 5.41) is 3.53. The van der Waals surface area contributed by atoms with E-state index in [1.165, 1.54) is 22.3 Å². The van der Waals surface area contributed by atoms with Gasteiger partial charge in [0.25, 0.3) is 0 Å². The molecule has 1 N–H and O–H groups in total. The zero-order chi connectivity index (χ0) is 13.4. The number of fused-ring (bicyclic) bond motifs is 3. The van der Waals surface area contributed by atoms with E-state index >= 15 is 0 Å². The van der Waals surface area contributed by atoms with Crippen molar-refractivity contribution >= 4 is 5.69 Å². The van der Waals surface area contributed by atoms with Crippen molar-refractivity contribution in [2.24, 2.45) is 0 Å². The first-order valence-electron chi connectivity index (χ1n) is 6.63. The standard InChI is InChI=1S/C17H13N3/c1-3-7-15-13(5-1)14-6-2-4-8-16(14)17(15)20-12-9-18-11-19-10-12/h1-11,17,20H. The predicted octanol–water partition coefficient (Wildman–Crippen LogP) is 3.66. The fraction of sp³-hybridized carbons (Fsp3) is 0.0588. The van der Waals surface area contributed by atoms with Crippen LogP contribution < -0.4 is 5.32 Å². The minimum absolute atomic E-state index is 0.161. The molecule has 1 aromatic heterocycles. The van der Waals surface area contributed by atoms with Crippen molar-refractivity contribution in [3.8, 4) is 11.1 Å². The molecule has 0 spiro atoms. The maximum atomic E-state index is 4.07. The largest absolute Gasteiger partial charge is 0.372 e. The van der Waals surface area contributed by atoms with Crippen LogP contribution in [0.15, 0.2) is 67.3 Å². The second-order valence-electron chi connectivity index (χ2n) is 4.88. The van der Waals surface area contributed by atoms with Gasteiger partial charge in [0.2, 0.25) is 0 Å². The molecule has 3 heteroatoms. The van der Waals surface area contributed by atoms with E-state index in [1.807, 2.05) is 0 Å². The lowest BCUT2D eigenvalue weighted by molar-refractivity contribution is 0.964. The lowest BCUT2D eigenvalue weighted by Gasteiger charge is -2.16. The van der Waals surface area contributed by atoms with Gasteiger partial charge in [-0.2, -0.15) is 0 Å². The molecule has 4 rings (SSSR count). The fourth-order valence-corrected chi connectivity index (χ4v) is 2.85. The first kappa shape index (κ1) is 11.2. The van der Waals surface area contributed by atoms with Crippen molar-refractivity contribution in [2.45, 2.75) is 6.04 Å². The predicted molar refractivity (Wildman–Crippen MR) is 79.4 cm³/mol. The Labute approximate surface area is 117 Å². The van der Waals surface area contributed by atoms with Crippen molar-refractivity contribution in [2.75, 3.05) is 5.32 Å². The van der Waals surface area contributed by atoms with Gasteiger partial charge in [-0.15, -0.1) is 0 Å². The van der Waals surface area contributed by atoms with Gasteiger partial charge >= 0.3 is 0 Å². The highest BCUT2D eigenvalue weighted by Gasteiger charge is 2.27. The molecule has 96 valence electrons. The van der Waals surface area contributed by atoms with Gasteiger partial charge in [0, 0.05) is 0 Å². The second-order valence-corrected chi connectivity index (χ2v) is 4.88. The summed E-state index contributed by atoms with van der Waals surface area (Å²) >= 11 is 0. The van der Waals surface area contributed by atoms with Crippen LogP contribution >= 0.6 is 0 Å². The molecule has 1 aliphatic carbocycles. The van der Waals surface area contributed by atoms with E-state index in [1.54, 1.807) is 18.7 Å². The topological polar surface area (TPSA) is 37.8 Å². The number of anilines is 1. The first-order chi connectivity index (χ1) is 9.93. The number of nitrogens with zero attached hydrogens (tertiary/aromatic N) is 2. The molecule has 0 saturated carbocycles. The van der Waals surface area contributed by atoms with Crippen molar-refractivity contribution in [3.63, 3.8) is 0 Å². The average Bonchev–Trinajstić information content (AvgIpc) is 2.84. The Kier molecular flexibility index (Phi) is 2.49. The van der Waals surface area contributed by atoms with E-state index in [2.05, 4.69) is 63.8 Å². The van der Waals surface area contributed by atoms with Crippen LogP contribution in [0.2, 0.25) is 0 Å². The van der Waals surface area contributed by atoms with Crippen molar-refractivity contribution in [3.05, 3.63) is 78.4 Å². The molecule has 0 bridgehead atoms. The van der Waals surface area contributed by atoms with Crippen LogP contribution in [0.4, 0.5) is 5.69 Å². The molecular weight excluding hydrogens is 246 g/mol. The van der Waals surface area contributed by atoms with Gasteiger partial charge in [0.05, 0.1) is 24.1 Å². The summed E-state index contributed by atoms with van der Waals surface area (Å²) in [7, 11) is 0. The second kappa shape index (κ2) is 4.46. The molecule has 0 amide bonds. The highest BCUT2D eigenvalue weighted by molar-refractivity contribution is 5.79. The maximum absolute atomic E-state index is 4.07. The quantitative estimate of drug-likeness (QED) is 0.763. The average molecular weight is 259 g/mol. The number of aromatic nitrogens is 2. The van der Waals surface area contributed by atoms with Crippen LogP contribution in [0, 0.1) is 0 Å². The minimum atomic E-state index is 0.161. The SMILES string of the molecule is c1ccc2c(c1)-c1ccccc1C2Nc1cncnc1. The summed E-state index contributed by atoms with van der Waals surface area (Å²) in [4.78, 5) is 8.13. The van der Waals surface area contributed by atoms with Crippen LogP contribution in [-0.2, 0) is 0 Å².